The maximum absolute atomic E-state index is 12.8. The van der Waals surface area contributed by atoms with E-state index < -0.39 is 0 Å². The van der Waals surface area contributed by atoms with Crippen molar-refractivity contribution in [2.75, 3.05) is 33.2 Å². The summed E-state index contributed by atoms with van der Waals surface area (Å²) in [6.45, 7) is 4.92. The number of rotatable bonds is 5. The molecule has 0 saturated carbocycles. The third kappa shape index (κ3) is 5.10. The number of hydrogen-bond acceptors (Lipinski definition) is 4. The second-order valence-electron chi connectivity index (χ2n) is 7.06. The van der Waals surface area contributed by atoms with Crippen molar-refractivity contribution >= 4 is 12.0 Å². The van der Waals surface area contributed by atoms with Crippen LogP contribution in [-0.4, -0.2) is 66.0 Å². The Morgan fingerprint density at radius 1 is 0.964 bits per heavy atom. The number of piperazine rings is 1. The van der Waals surface area contributed by atoms with E-state index in [4.69, 9.17) is 4.74 Å². The lowest BCUT2D eigenvalue weighted by Gasteiger charge is -2.38. The van der Waals surface area contributed by atoms with Crippen LogP contribution < -0.4 is 4.74 Å². The van der Waals surface area contributed by atoms with Gasteiger partial charge in [0, 0.05) is 39.8 Å². The highest BCUT2D eigenvalue weighted by Crippen LogP contribution is 2.14. The van der Waals surface area contributed by atoms with E-state index in [2.05, 4.69) is 4.90 Å². The molecule has 1 heterocycles. The first-order valence-electron chi connectivity index (χ1n) is 9.59. The van der Waals surface area contributed by atoms with Crippen molar-refractivity contribution in [1.82, 2.24) is 14.7 Å². The van der Waals surface area contributed by atoms with Crippen molar-refractivity contribution in [3.05, 3.63) is 66.2 Å². The van der Waals surface area contributed by atoms with Crippen molar-refractivity contribution in [2.45, 2.75) is 19.5 Å². The van der Waals surface area contributed by atoms with Gasteiger partial charge in [0.1, 0.15) is 5.75 Å². The summed E-state index contributed by atoms with van der Waals surface area (Å²) in [7, 11) is 1.83. The van der Waals surface area contributed by atoms with Gasteiger partial charge in [-0.2, -0.15) is 0 Å². The molecule has 1 aliphatic rings. The molecule has 6 heteroatoms. The predicted octanol–water partition coefficient (Wildman–Crippen LogP) is 2.85. The van der Waals surface area contributed by atoms with E-state index in [1.807, 2.05) is 62.5 Å². The molecule has 1 fully saturated rings. The highest BCUT2D eigenvalue weighted by atomic mass is 16.6. The maximum Gasteiger partial charge on any atom is 0.415 e. The Bertz CT molecular complexity index is 774. The summed E-state index contributed by atoms with van der Waals surface area (Å²) in [5.41, 5.74) is 1.11. The first kappa shape index (κ1) is 19.9. The maximum atomic E-state index is 12.8. The molecule has 148 valence electrons. The predicted molar refractivity (Wildman–Crippen MR) is 108 cm³/mol. The summed E-state index contributed by atoms with van der Waals surface area (Å²) in [4.78, 5) is 30.7. The molecule has 0 aliphatic carbocycles. The SMILES string of the molecule is CC(C(=O)N(C)Cc1ccccc1)N1CCN(C(=O)Oc2ccccc2)CC1. The second-order valence-corrected chi connectivity index (χ2v) is 7.06. The molecule has 0 spiro atoms. The van der Waals surface area contributed by atoms with Crippen molar-refractivity contribution in [1.29, 1.82) is 0 Å². The quantitative estimate of drug-likeness (QED) is 0.799. The van der Waals surface area contributed by atoms with E-state index >= 15 is 0 Å². The van der Waals surface area contributed by atoms with Crippen LogP contribution in [0.25, 0.3) is 0 Å². The Hall–Kier alpha value is -2.86. The zero-order valence-corrected chi connectivity index (χ0v) is 16.5. The first-order chi connectivity index (χ1) is 13.5. The number of hydrogen-bond donors (Lipinski definition) is 0. The molecule has 2 amide bonds. The minimum atomic E-state index is -0.342. The highest BCUT2D eigenvalue weighted by molar-refractivity contribution is 5.81. The fourth-order valence-electron chi connectivity index (χ4n) is 3.36. The van der Waals surface area contributed by atoms with E-state index in [-0.39, 0.29) is 18.0 Å². The minimum absolute atomic E-state index is 0.0872. The van der Waals surface area contributed by atoms with E-state index in [0.717, 1.165) is 5.56 Å². The number of nitrogens with zero attached hydrogens (tertiary/aromatic N) is 3. The molecule has 0 radical (unpaired) electrons. The molecule has 28 heavy (non-hydrogen) atoms. The van der Waals surface area contributed by atoms with Crippen molar-refractivity contribution in [3.8, 4) is 5.75 Å². The Morgan fingerprint density at radius 3 is 2.14 bits per heavy atom. The monoisotopic (exact) mass is 381 g/mol. The zero-order chi connectivity index (χ0) is 19.9. The number of carbonyl (C=O) groups excluding carboxylic acids is 2. The van der Waals surface area contributed by atoms with E-state index in [1.165, 1.54) is 0 Å². The Morgan fingerprint density at radius 2 is 1.54 bits per heavy atom. The summed E-state index contributed by atoms with van der Waals surface area (Å²) in [6.07, 6.45) is -0.342. The van der Waals surface area contributed by atoms with Gasteiger partial charge in [-0.25, -0.2) is 4.79 Å². The molecule has 2 aromatic carbocycles. The largest absolute Gasteiger partial charge is 0.415 e. The Labute approximate surface area is 166 Å². The lowest BCUT2D eigenvalue weighted by Crippen LogP contribution is -2.55. The molecule has 1 aliphatic heterocycles. The summed E-state index contributed by atoms with van der Waals surface area (Å²) in [5, 5.41) is 0. The van der Waals surface area contributed by atoms with Gasteiger partial charge in [0.05, 0.1) is 6.04 Å². The summed E-state index contributed by atoms with van der Waals surface area (Å²) < 4.78 is 5.39. The molecular weight excluding hydrogens is 354 g/mol. The number of para-hydroxylation sites is 1. The standard InChI is InChI=1S/C22H27N3O3/c1-18(21(26)23(2)17-19-9-5-3-6-10-19)24-13-15-25(16-14-24)22(27)28-20-11-7-4-8-12-20/h3-12,18H,13-17H2,1-2H3. The Balaban J connectivity index is 1.48. The number of carbonyl (C=O) groups is 2. The van der Waals surface area contributed by atoms with E-state index in [1.54, 1.807) is 21.9 Å². The number of amides is 2. The van der Waals surface area contributed by atoms with Crippen LogP contribution in [0.1, 0.15) is 12.5 Å². The summed E-state index contributed by atoms with van der Waals surface area (Å²) in [6, 6.07) is 18.8. The molecule has 1 atom stereocenters. The highest BCUT2D eigenvalue weighted by Gasteiger charge is 2.29. The van der Waals surface area contributed by atoms with Crippen LogP contribution >= 0.6 is 0 Å². The lowest BCUT2D eigenvalue weighted by atomic mass is 10.1. The second kappa shape index (κ2) is 9.37. The third-order valence-corrected chi connectivity index (χ3v) is 5.06. The van der Waals surface area contributed by atoms with E-state index in [0.29, 0.717) is 38.5 Å². The molecular formula is C22H27N3O3. The van der Waals surface area contributed by atoms with Crippen LogP contribution in [0.3, 0.4) is 0 Å². The molecule has 1 saturated heterocycles. The molecule has 0 bridgehead atoms. The average molecular weight is 381 g/mol. The van der Waals surface area contributed by atoms with Crippen LogP contribution in [0.4, 0.5) is 4.79 Å². The average Bonchev–Trinajstić information content (AvgIpc) is 2.74. The minimum Gasteiger partial charge on any atom is -0.410 e. The van der Waals surface area contributed by atoms with Gasteiger partial charge in [0.25, 0.3) is 0 Å². The third-order valence-electron chi connectivity index (χ3n) is 5.06. The van der Waals surface area contributed by atoms with Gasteiger partial charge in [0.2, 0.25) is 5.91 Å². The van der Waals surface area contributed by atoms with Crippen LogP contribution in [0.2, 0.25) is 0 Å². The fraction of sp³-hybridized carbons (Fsp3) is 0.364. The van der Waals surface area contributed by atoms with Crippen LogP contribution in [0, 0.1) is 0 Å². The van der Waals surface area contributed by atoms with Crippen LogP contribution in [-0.2, 0) is 11.3 Å². The van der Waals surface area contributed by atoms with Gasteiger partial charge in [-0.3, -0.25) is 9.69 Å². The smallest absolute Gasteiger partial charge is 0.410 e. The zero-order valence-electron chi connectivity index (χ0n) is 16.5. The van der Waals surface area contributed by atoms with Gasteiger partial charge in [-0.1, -0.05) is 48.5 Å². The molecule has 1 unspecified atom stereocenters. The summed E-state index contributed by atoms with van der Waals surface area (Å²) >= 11 is 0. The van der Waals surface area contributed by atoms with Crippen LogP contribution in [0.5, 0.6) is 5.75 Å². The fourth-order valence-corrected chi connectivity index (χ4v) is 3.36. The van der Waals surface area contributed by atoms with Gasteiger partial charge < -0.3 is 14.5 Å². The van der Waals surface area contributed by atoms with Gasteiger partial charge >= 0.3 is 6.09 Å². The Kier molecular flexibility index (Phi) is 6.66. The number of benzene rings is 2. The molecule has 3 rings (SSSR count). The van der Waals surface area contributed by atoms with Crippen molar-refractivity contribution in [2.24, 2.45) is 0 Å². The van der Waals surface area contributed by atoms with Gasteiger partial charge in [-0.15, -0.1) is 0 Å². The molecule has 6 nitrogen and oxygen atoms in total. The van der Waals surface area contributed by atoms with Crippen molar-refractivity contribution in [3.63, 3.8) is 0 Å². The number of ether oxygens (including phenoxy) is 1. The van der Waals surface area contributed by atoms with E-state index in [9.17, 15) is 9.59 Å². The van der Waals surface area contributed by atoms with Gasteiger partial charge in [0.15, 0.2) is 0 Å². The topological polar surface area (TPSA) is 53.1 Å². The molecule has 2 aromatic rings. The van der Waals surface area contributed by atoms with Crippen LogP contribution in [0.15, 0.2) is 60.7 Å². The van der Waals surface area contributed by atoms with Crippen molar-refractivity contribution < 1.29 is 14.3 Å². The molecule has 0 N–H and O–H groups in total. The lowest BCUT2D eigenvalue weighted by molar-refractivity contribution is -0.136. The normalized spacial score (nSPS) is 15.7. The number of likely N-dealkylation sites (N-methyl/N-ethyl adjacent to an activating group) is 1. The first-order valence-corrected chi connectivity index (χ1v) is 9.59. The summed E-state index contributed by atoms with van der Waals surface area (Å²) in [5.74, 6) is 0.630. The molecule has 0 aromatic heterocycles. The van der Waals surface area contributed by atoms with Gasteiger partial charge in [-0.05, 0) is 24.6 Å².